The van der Waals surface area contributed by atoms with Crippen LogP contribution in [0.2, 0.25) is 0 Å². The van der Waals surface area contributed by atoms with Crippen LogP contribution in [0.5, 0.6) is 0 Å². The number of tetrazole rings is 1. The third-order valence-electron chi connectivity index (χ3n) is 6.92. The van der Waals surface area contributed by atoms with Crippen molar-refractivity contribution in [3.63, 3.8) is 0 Å². The number of likely N-dealkylation sites (tertiary alicyclic amines) is 1. The molecule has 2 fully saturated rings. The molecule has 0 spiro atoms. The number of rotatable bonds is 3. The lowest BCUT2D eigenvalue weighted by atomic mass is 9.64. The Balaban J connectivity index is 1.30. The van der Waals surface area contributed by atoms with Crippen LogP contribution in [0.1, 0.15) is 44.0 Å². The molecule has 152 valence electrons. The molecule has 2 bridgehead atoms. The molecular weight excluding hydrogens is 364 g/mol. The maximum Gasteiger partial charge on any atom is 0.321 e. The number of hydrogen-bond acceptors (Lipinski definition) is 4. The number of allylic oxidation sites excluding steroid dienone is 2. The van der Waals surface area contributed by atoms with Crippen molar-refractivity contribution >= 4 is 11.7 Å². The quantitative estimate of drug-likeness (QED) is 0.807. The summed E-state index contributed by atoms with van der Waals surface area (Å²) in [6.07, 6.45) is 7.36. The summed E-state index contributed by atoms with van der Waals surface area (Å²) in [5.74, 6) is 3.66. The highest BCUT2D eigenvalue weighted by Gasteiger charge is 2.46. The number of anilines is 1. The van der Waals surface area contributed by atoms with E-state index in [0.717, 1.165) is 35.9 Å². The standard InChI is InChI=1S/C22H28N6O/c1-13(2)21-24-25-26-28(21)20-9-8-17(10-14(20)3)23-22(29)27-11-18-15-4-5-16(7-6-15)19(18)12-27/h4-5,8-10,13,15-16,18-19H,6-7,11-12H2,1-3H3,(H,23,29). The Labute approximate surface area is 171 Å². The van der Waals surface area contributed by atoms with Gasteiger partial charge in [-0.1, -0.05) is 26.0 Å². The number of aromatic nitrogens is 4. The third-order valence-corrected chi connectivity index (χ3v) is 6.92. The Kier molecular flexibility index (Phi) is 4.41. The highest BCUT2D eigenvalue weighted by atomic mass is 16.2. The second-order valence-electron chi connectivity index (χ2n) is 9.06. The minimum absolute atomic E-state index is 0.0104. The van der Waals surface area contributed by atoms with E-state index in [1.165, 1.54) is 12.8 Å². The van der Waals surface area contributed by atoms with Crippen molar-refractivity contribution in [1.82, 2.24) is 25.1 Å². The molecule has 29 heavy (non-hydrogen) atoms. The molecule has 3 aliphatic carbocycles. The summed E-state index contributed by atoms with van der Waals surface area (Å²) in [5, 5.41) is 15.2. The first kappa shape index (κ1) is 18.3. The molecule has 2 amide bonds. The zero-order chi connectivity index (χ0) is 20.1. The minimum Gasteiger partial charge on any atom is -0.324 e. The van der Waals surface area contributed by atoms with Gasteiger partial charge in [0, 0.05) is 24.7 Å². The monoisotopic (exact) mass is 392 g/mol. The SMILES string of the molecule is Cc1cc(NC(=O)N2CC3C4C=CC(CC4)C3C2)ccc1-n1nnnc1C(C)C. The molecule has 1 N–H and O–H groups in total. The Hall–Kier alpha value is -2.70. The van der Waals surface area contributed by atoms with Crippen LogP contribution in [0.3, 0.4) is 0 Å². The Morgan fingerprint density at radius 2 is 1.83 bits per heavy atom. The summed E-state index contributed by atoms with van der Waals surface area (Å²) in [6, 6.07) is 5.91. The van der Waals surface area contributed by atoms with Crippen molar-refractivity contribution in [1.29, 1.82) is 0 Å². The lowest BCUT2D eigenvalue weighted by molar-refractivity contribution is 0.169. The highest BCUT2D eigenvalue weighted by molar-refractivity contribution is 5.89. The fraction of sp³-hybridized carbons (Fsp3) is 0.545. The van der Waals surface area contributed by atoms with Crippen LogP contribution < -0.4 is 5.32 Å². The maximum atomic E-state index is 12.9. The van der Waals surface area contributed by atoms with Crippen molar-refractivity contribution in [2.24, 2.45) is 23.7 Å². The summed E-state index contributed by atoms with van der Waals surface area (Å²) in [5.41, 5.74) is 2.77. The van der Waals surface area contributed by atoms with E-state index in [9.17, 15) is 4.79 Å². The number of carbonyl (C=O) groups is 1. The normalized spacial score (nSPS) is 27.5. The predicted molar refractivity (Wildman–Crippen MR) is 111 cm³/mol. The van der Waals surface area contributed by atoms with E-state index < -0.39 is 0 Å². The molecule has 7 heteroatoms. The van der Waals surface area contributed by atoms with Gasteiger partial charge in [0.25, 0.3) is 0 Å². The first-order valence-electron chi connectivity index (χ1n) is 10.6. The molecule has 0 radical (unpaired) electrons. The Morgan fingerprint density at radius 3 is 2.41 bits per heavy atom. The van der Waals surface area contributed by atoms with Crippen molar-refractivity contribution in [3.05, 3.63) is 41.7 Å². The molecule has 4 atom stereocenters. The molecule has 1 aromatic carbocycles. The number of hydrogen-bond donors (Lipinski definition) is 1. The van der Waals surface area contributed by atoms with E-state index in [2.05, 4.69) is 46.8 Å². The van der Waals surface area contributed by atoms with E-state index in [0.29, 0.717) is 23.7 Å². The van der Waals surface area contributed by atoms with Gasteiger partial charge in [-0.3, -0.25) is 0 Å². The second kappa shape index (κ2) is 6.97. The molecule has 2 aromatic rings. The lowest BCUT2D eigenvalue weighted by Gasteiger charge is -2.40. The molecule has 2 heterocycles. The fourth-order valence-corrected chi connectivity index (χ4v) is 5.40. The summed E-state index contributed by atoms with van der Waals surface area (Å²) >= 11 is 0. The number of aryl methyl sites for hydroxylation is 1. The van der Waals surface area contributed by atoms with E-state index in [-0.39, 0.29) is 11.9 Å². The van der Waals surface area contributed by atoms with E-state index >= 15 is 0 Å². The second-order valence-corrected chi connectivity index (χ2v) is 9.06. The average molecular weight is 393 g/mol. The third kappa shape index (κ3) is 3.12. The maximum absolute atomic E-state index is 12.9. The average Bonchev–Trinajstić information content (AvgIpc) is 3.37. The lowest BCUT2D eigenvalue weighted by Crippen LogP contribution is -2.35. The van der Waals surface area contributed by atoms with Crippen molar-refractivity contribution in [2.45, 2.75) is 39.5 Å². The molecular formula is C22H28N6O. The molecule has 4 aliphatic rings. The number of nitrogens with zero attached hydrogens (tertiary/aromatic N) is 5. The van der Waals surface area contributed by atoms with Crippen LogP contribution >= 0.6 is 0 Å². The van der Waals surface area contributed by atoms with Gasteiger partial charge in [-0.25, -0.2) is 4.79 Å². The van der Waals surface area contributed by atoms with E-state index in [1.807, 2.05) is 30.0 Å². The largest absolute Gasteiger partial charge is 0.324 e. The van der Waals surface area contributed by atoms with Crippen molar-refractivity contribution < 1.29 is 4.79 Å². The van der Waals surface area contributed by atoms with Gasteiger partial charge in [0.2, 0.25) is 0 Å². The molecule has 4 unspecified atom stereocenters. The van der Waals surface area contributed by atoms with Crippen LogP contribution in [0.15, 0.2) is 30.4 Å². The molecule has 1 saturated heterocycles. The summed E-state index contributed by atoms with van der Waals surface area (Å²) in [6.45, 7) is 7.91. The number of benzene rings is 1. The molecule has 6 rings (SSSR count). The predicted octanol–water partition coefficient (Wildman–Crippen LogP) is 3.77. The van der Waals surface area contributed by atoms with Crippen LogP contribution in [0.25, 0.3) is 5.69 Å². The van der Waals surface area contributed by atoms with E-state index in [1.54, 1.807) is 4.68 Å². The number of fused-ring (bicyclic) bond motifs is 1. The minimum atomic E-state index is 0.0104. The highest BCUT2D eigenvalue weighted by Crippen LogP contribution is 2.48. The summed E-state index contributed by atoms with van der Waals surface area (Å²) in [7, 11) is 0. The number of amides is 2. The van der Waals surface area contributed by atoms with Gasteiger partial charge in [0.15, 0.2) is 5.82 Å². The Bertz CT molecular complexity index is 942. The molecule has 1 aromatic heterocycles. The molecule has 1 aliphatic heterocycles. The van der Waals surface area contributed by atoms with Crippen LogP contribution in [-0.4, -0.2) is 44.2 Å². The van der Waals surface area contributed by atoms with Gasteiger partial charge >= 0.3 is 6.03 Å². The van der Waals surface area contributed by atoms with E-state index in [4.69, 9.17) is 0 Å². The first-order valence-corrected chi connectivity index (χ1v) is 10.6. The summed E-state index contributed by atoms with van der Waals surface area (Å²) < 4.78 is 1.78. The summed E-state index contributed by atoms with van der Waals surface area (Å²) in [4.78, 5) is 14.9. The topological polar surface area (TPSA) is 75.9 Å². The van der Waals surface area contributed by atoms with Crippen molar-refractivity contribution in [2.75, 3.05) is 18.4 Å². The van der Waals surface area contributed by atoms with Crippen LogP contribution in [0.4, 0.5) is 10.5 Å². The number of nitrogens with one attached hydrogen (secondary N) is 1. The molecule has 7 nitrogen and oxygen atoms in total. The van der Waals surface area contributed by atoms with Crippen LogP contribution in [-0.2, 0) is 0 Å². The van der Waals surface area contributed by atoms with Gasteiger partial charge in [-0.2, -0.15) is 4.68 Å². The van der Waals surface area contributed by atoms with Gasteiger partial charge in [0.1, 0.15) is 0 Å². The Morgan fingerprint density at radius 1 is 1.14 bits per heavy atom. The smallest absolute Gasteiger partial charge is 0.321 e. The zero-order valence-corrected chi connectivity index (χ0v) is 17.2. The van der Waals surface area contributed by atoms with Gasteiger partial charge in [0.05, 0.1) is 5.69 Å². The zero-order valence-electron chi connectivity index (χ0n) is 17.2. The number of urea groups is 1. The van der Waals surface area contributed by atoms with Crippen molar-refractivity contribution in [3.8, 4) is 5.69 Å². The van der Waals surface area contributed by atoms with Gasteiger partial charge in [-0.05, 0) is 77.6 Å². The first-order chi connectivity index (χ1) is 14.0. The fourth-order valence-electron chi connectivity index (χ4n) is 5.40. The van der Waals surface area contributed by atoms with Crippen LogP contribution in [0, 0.1) is 30.6 Å². The molecule has 1 saturated carbocycles. The number of carbonyl (C=O) groups excluding carboxylic acids is 1. The van der Waals surface area contributed by atoms with Gasteiger partial charge < -0.3 is 10.2 Å². The van der Waals surface area contributed by atoms with Gasteiger partial charge in [-0.15, -0.1) is 5.10 Å².